The molecule has 1 amide bonds. The second kappa shape index (κ2) is 9.40. The Labute approximate surface area is 156 Å². The van der Waals surface area contributed by atoms with Crippen LogP contribution in [0.1, 0.15) is 20.3 Å². The first-order valence-corrected chi connectivity index (χ1v) is 8.48. The van der Waals surface area contributed by atoms with Gasteiger partial charge in [0.1, 0.15) is 11.8 Å². The van der Waals surface area contributed by atoms with Crippen LogP contribution in [-0.2, 0) is 14.4 Å². The summed E-state index contributed by atoms with van der Waals surface area (Å²) in [4.78, 5) is 33.7. The number of ether oxygens (including phenoxy) is 1. The Morgan fingerprint density at radius 3 is 2.46 bits per heavy atom. The molecule has 9 heteroatoms. The number of quaternary nitrogens is 1. The number of amides is 1. The molecule has 1 aliphatic rings. The van der Waals surface area contributed by atoms with Gasteiger partial charge in [0.2, 0.25) is 0 Å². The molecule has 8 nitrogen and oxygen atoms in total. The largest absolute Gasteiger partial charge is 0.539 e. The number of carbonyl (C=O) groups is 3. The number of carboxylic acids is 2. The van der Waals surface area contributed by atoms with Crippen molar-refractivity contribution in [3.8, 4) is 5.75 Å². The molecule has 2 atom stereocenters. The average molecular weight is 387 g/mol. The van der Waals surface area contributed by atoms with E-state index in [1.807, 2.05) is 17.9 Å². The van der Waals surface area contributed by atoms with Gasteiger partial charge in [0.05, 0.1) is 26.3 Å². The minimum absolute atomic E-state index is 0.0235. The fourth-order valence-corrected chi connectivity index (χ4v) is 2.37. The Bertz CT molecular complexity index is 667. The topological polar surface area (TPSA) is 111 Å². The zero-order valence-corrected chi connectivity index (χ0v) is 15.9. The number of hydrogen-bond donors (Lipinski definition) is 2. The molecule has 1 aliphatic heterocycles. The maximum absolute atomic E-state index is 12.5. The van der Waals surface area contributed by atoms with E-state index < -0.39 is 18.0 Å². The number of nitrogens with zero attached hydrogens (tertiary/aromatic N) is 1. The van der Waals surface area contributed by atoms with Crippen LogP contribution in [0.2, 0.25) is 5.02 Å². The highest BCUT2D eigenvalue weighted by Crippen LogP contribution is 2.36. The van der Waals surface area contributed by atoms with E-state index in [-0.39, 0.29) is 5.91 Å². The van der Waals surface area contributed by atoms with Crippen LogP contribution in [0.5, 0.6) is 5.75 Å². The summed E-state index contributed by atoms with van der Waals surface area (Å²) in [5, 5.41) is 16.9. The molecule has 2 rings (SSSR count). The molecule has 26 heavy (non-hydrogen) atoms. The van der Waals surface area contributed by atoms with Gasteiger partial charge in [-0.3, -0.25) is 9.69 Å². The number of hydrogen-bond acceptors (Lipinski definition) is 5. The van der Waals surface area contributed by atoms with Gasteiger partial charge in [0.15, 0.2) is 12.1 Å². The summed E-state index contributed by atoms with van der Waals surface area (Å²) < 4.78 is 5.76. The third kappa shape index (κ3) is 5.60. The lowest BCUT2D eigenvalue weighted by molar-refractivity contribution is -0.881. The standard InChI is InChI=1S/C15H21ClN2O2.C2H2O4/c1-5-13-15(19)18(9-10(2)17(3)4)12-8-11(16)6-7-14(12)20-13;3-1(4)2(5)6/h6-8,10,13H,5,9H2,1-4H3;(H,3,4)(H,5,6). The summed E-state index contributed by atoms with van der Waals surface area (Å²) >= 11 is 6.06. The lowest BCUT2D eigenvalue weighted by Gasteiger charge is -2.35. The zero-order chi connectivity index (χ0) is 20.0. The highest BCUT2D eigenvalue weighted by molar-refractivity contribution is 6.31. The van der Waals surface area contributed by atoms with Gasteiger partial charge in [0, 0.05) is 5.02 Å². The first kappa shape index (κ1) is 21.7. The third-order valence-corrected chi connectivity index (χ3v) is 4.25. The number of carboxylic acid groups (broad SMARTS) is 2. The number of likely N-dealkylation sites (N-methyl/N-ethyl adjacent to an activating group) is 1. The lowest BCUT2D eigenvalue weighted by atomic mass is 10.1. The van der Waals surface area contributed by atoms with E-state index in [4.69, 9.17) is 36.1 Å². The van der Waals surface area contributed by atoms with Gasteiger partial charge >= 0.3 is 5.97 Å². The second-order valence-electron chi connectivity index (χ2n) is 6.15. The quantitative estimate of drug-likeness (QED) is 0.655. The van der Waals surface area contributed by atoms with Crippen molar-refractivity contribution in [1.82, 2.24) is 0 Å². The van der Waals surface area contributed by atoms with E-state index in [9.17, 15) is 4.79 Å². The van der Waals surface area contributed by atoms with E-state index >= 15 is 0 Å². The molecular weight excluding hydrogens is 364 g/mol. The van der Waals surface area contributed by atoms with Crippen molar-refractivity contribution in [2.24, 2.45) is 0 Å². The highest BCUT2D eigenvalue weighted by Gasteiger charge is 2.34. The summed E-state index contributed by atoms with van der Waals surface area (Å²) in [6, 6.07) is 5.77. The van der Waals surface area contributed by atoms with E-state index in [1.54, 1.807) is 12.1 Å². The normalized spacial score (nSPS) is 16.9. The highest BCUT2D eigenvalue weighted by atomic mass is 35.5. The van der Waals surface area contributed by atoms with Crippen LogP contribution in [-0.4, -0.2) is 55.7 Å². The molecule has 0 saturated heterocycles. The van der Waals surface area contributed by atoms with Crippen molar-refractivity contribution in [1.29, 1.82) is 0 Å². The molecule has 0 bridgehead atoms. The SMILES string of the molecule is CCC1Oc2ccc(Cl)cc2N(CC(C)[NH+](C)C)C1=O.O=C([O-])C(=O)O. The van der Waals surface area contributed by atoms with Crippen molar-refractivity contribution >= 4 is 35.1 Å². The van der Waals surface area contributed by atoms with E-state index in [2.05, 4.69) is 21.0 Å². The van der Waals surface area contributed by atoms with Crippen molar-refractivity contribution < 1.29 is 34.2 Å². The Balaban J connectivity index is 0.000000487. The summed E-state index contributed by atoms with van der Waals surface area (Å²) in [5.41, 5.74) is 0.778. The number of anilines is 1. The smallest absolute Gasteiger partial charge is 0.351 e. The third-order valence-electron chi connectivity index (χ3n) is 4.01. The molecule has 0 fully saturated rings. The fourth-order valence-electron chi connectivity index (χ4n) is 2.20. The van der Waals surface area contributed by atoms with Crippen LogP contribution in [0.15, 0.2) is 18.2 Å². The van der Waals surface area contributed by atoms with Gasteiger partial charge < -0.3 is 24.6 Å². The summed E-state index contributed by atoms with van der Waals surface area (Å²) in [7, 11) is 4.18. The first-order chi connectivity index (χ1) is 12.1. The number of carbonyl (C=O) groups excluding carboxylic acids is 2. The minimum Gasteiger partial charge on any atom is -0.539 e. The Kier molecular flexibility index (Phi) is 7.85. The van der Waals surface area contributed by atoms with Gasteiger partial charge in [-0.2, -0.15) is 0 Å². The first-order valence-electron chi connectivity index (χ1n) is 8.10. The van der Waals surface area contributed by atoms with Gasteiger partial charge in [-0.1, -0.05) is 18.5 Å². The Morgan fingerprint density at radius 2 is 2.00 bits per heavy atom. The molecule has 0 spiro atoms. The summed E-state index contributed by atoms with van der Waals surface area (Å²) in [5.74, 6) is -3.25. The van der Waals surface area contributed by atoms with Gasteiger partial charge in [-0.05, 0) is 31.5 Å². The van der Waals surface area contributed by atoms with Crippen LogP contribution in [0.25, 0.3) is 0 Å². The van der Waals surface area contributed by atoms with Crippen LogP contribution in [0, 0.1) is 0 Å². The summed E-state index contributed by atoms with van der Waals surface area (Å²) in [6.07, 6.45) is 0.272. The number of benzene rings is 1. The maximum atomic E-state index is 12.5. The van der Waals surface area contributed by atoms with Crippen molar-refractivity contribution in [3.63, 3.8) is 0 Å². The monoisotopic (exact) mass is 386 g/mol. The Hall–Kier alpha value is -2.32. The van der Waals surface area contributed by atoms with E-state index in [0.29, 0.717) is 24.0 Å². The van der Waals surface area contributed by atoms with E-state index in [1.165, 1.54) is 4.90 Å². The summed E-state index contributed by atoms with van der Waals surface area (Å²) in [6.45, 7) is 4.75. The lowest BCUT2D eigenvalue weighted by Crippen LogP contribution is -3.10. The Morgan fingerprint density at radius 1 is 1.42 bits per heavy atom. The van der Waals surface area contributed by atoms with Crippen LogP contribution in [0.4, 0.5) is 5.69 Å². The van der Waals surface area contributed by atoms with E-state index in [0.717, 1.165) is 11.4 Å². The molecule has 0 aliphatic carbocycles. The second-order valence-corrected chi connectivity index (χ2v) is 6.58. The van der Waals surface area contributed by atoms with Crippen LogP contribution >= 0.6 is 11.6 Å². The number of halogens is 1. The van der Waals surface area contributed by atoms with Crippen LogP contribution in [0.3, 0.4) is 0 Å². The predicted molar refractivity (Wildman–Crippen MR) is 93.4 cm³/mol. The van der Waals surface area contributed by atoms with Gasteiger partial charge in [-0.25, -0.2) is 4.79 Å². The van der Waals surface area contributed by atoms with Crippen LogP contribution < -0.4 is 19.6 Å². The fraction of sp³-hybridized carbons (Fsp3) is 0.471. The molecule has 1 heterocycles. The van der Waals surface area contributed by atoms with Crippen molar-refractivity contribution in [2.45, 2.75) is 32.4 Å². The molecule has 0 aromatic heterocycles. The van der Waals surface area contributed by atoms with Gasteiger partial charge in [-0.15, -0.1) is 0 Å². The molecule has 144 valence electrons. The molecule has 2 unspecified atom stereocenters. The number of nitrogens with one attached hydrogen (secondary N) is 1. The molecule has 1 aromatic carbocycles. The average Bonchev–Trinajstić information content (AvgIpc) is 2.57. The number of fused-ring (bicyclic) bond motifs is 1. The minimum atomic E-state index is -2.07. The molecule has 2 N–H and O–H groups in total. The predicted octanol–water partition coefficient (Wildman–Crippen LogP) is -0.802. The molecule has 0 saturated carbocycles. The molecule has 1 aromatic rings. The number of rotatable bonds is 4. The van der Waals surface area contributed by atoms with Crippen molar-refractivity contribution in [3.05, 3.63) is 23.2 Å². The zero-order valence-electron chi connectivity index (χ0n) is 15.1. The van der Waals surface area contributed by atoms with Gasteiger partial charge in [0.25, 0.3) is 5.91 Å². The number of aliphatic carboxylic acids is 2. The molecular formula is C17H23ClN2O6. The maximum Gasteiger partial charge on any atom is 0.351 e. The molecule has 0 radical (unpaired) electrons. The van der Waals surface area contributed by atoms with Crippen molar-refractivity contribution in [2.75, 3.05) is 25.5 Å².